The molecule has 3 heterocycles. The van der Waals surface area contributed by atoms with Crippen molar-refractivity contribution in [1.82, 2.24) is 20.4 Å². The summed E-state index contributed by atoms with van der Waals surface area (Å²) in [4.78, 5) is 18.8. The van der Waals surface area contributed by atoms with Crippen molar-refractivity contribution < 1.29 is 9.32 Å². The lowest BCUT2D eigenvalue weighted by Crippen LogP contribution is -2.47. The minimum absolute atomic E-state index is 0.0994. The van der Waals surface area contributed by atoms with E-state index in [9.17, 15) is 4.79 Å². The van der Waals surface area contributed by atoms with Crippen molar-refractivity contribution in [1.29, 1.82) is 0 Å². The Bertz CT molecular complexity index is 471. The third-order valence-electron chi connectivity index (χ3n) is 4.42. The molecule has 0 aromatic carbocycles. The lowest BCUT2D eigenvalue weighted by atomic mass is 9.97. The van der Waals surface area contributed by atoms with Crippen molar-refractivity contribution >= 4 is 5.91 Å². The van der Waals surface area contributed by atoms with E-state index in [-0.39, 0.29) is 29.9 Å². The van der Waals surface area contributed by atoms with Gasteiger partial charge in [-0.2, -0.15) is 4.98 Å². The van der Waals surface area contributed by atoms with Gasteiger partial charge in [0.05, 0.1) is 6.04 Å². The highest BCUT2D eigenvalue weighted by molar-refractivity contribution is 5.90. The van der Waals surface area contributed by atoms with Crippen LogP contribution in [-0.4, -0.2) is 39.6 Å². The number of hydrogen-bond donors (Lipinski definition) is 1. The zero-order valence-corrected chi connectivity index (χ0v) is 12.1. The normalized spacial score (nSPS) is 30.7. The zero-order chi connectivity index (χ0) is 14.1. The summed E-state index contributed by atoms with van der Waals surface area (Å²) in [5.41, 5.74) is 0. The largest absolute Gasteiger partial charge is 0.337 e. The monoisotopic (exact) mass is 278 g/mol. The highest BCUT2D eigenvalue weighted by Gasteiger charge is 2.33. The van der Waals surface area contributed by atoms with E-state index in [1.54, 1.807) is 0 Å². The molecule has 2 saturated heterocycles. The molecule has 2 aliphatic heterocycles. The van der Waals surface area contributed by atoms with E-state index in [1.165, 1.54) is 6.42 Å². The minimum atomic E-state index is -0.0994. The Morgan fingerprint density at radius 3 is 2.65 bits per heavy atom. The predicted octanol–water partition coefficient (Wildman–Crippen LogP) is 1.90. The van der Waals surface area contributed by atoms with Gasteiger partial charge in [-0.25, -0.2) is 0 Å². The van der Waals surface area contributed by atoms with Crippen LogP contribution in [0.2, 0.25) is 0 Å². The molecule has 0 saturated carbocycles. The third-order valence-corrected chi connectivity index (χ3v) is 4.42. The second-order valence-corrected chi connectivity index (χ2v) is 5.95. The fourth-order valence-electron chi connectivity index (χ4n) is 3.30. The molecule has 3 rings (SSSR count). The molecule has 6 heteroatoms. The van der Waals surface area contributed by atoms with Gasteiger partial charge in [-0.1, -0.05) is 5.16 Å². The molecule has 3 atom stereocenters. The molecule has 2 fully saturated rings. The van der Waals surface area contributed by atoms with Crippen LogP contribution in [0.4, 0.5) is 0 Å². The molecule has 20 heavy (non-hydrogen) atoms. The first kappa shape index (κ1) is 13.5. The van der Waals surface area contributed by atoms with Crippen LogP contribution in [0.1, 0.15) is 68.5 Å². The summed E-state index contributed by atoms with van der Waals surface area (Å²) in [5, 5.41) is 7.19. The van der Waals surface area contributed by atoms with Gasteiger partial charge in [0.25, 0.3) is 11.7 Å². The summed E-state index contributed by atoms with van der Waals surface area (Å²) in [7, 11) is 0. The number of nitrogens with zero attached hydrogens (tertiary/aromatic N) is 3. The molecule has 0 bridgehead atoms. The minimum Gasteiger partial charge on any atom is -0.337 e. The van der Waals surface area contributed by atoms with Gasteiger partial charge in [0.2, 0.25) is 5.89 Å². The van der Waals surface area contributed by atoms with Gasteiger partial charge in [-0.05, 0) is 52.5 Å². The van der Waals surface area contributed by atoms with Crippen LogP contribution in [0.3, 0.4) is 0 Å². The van der Waals surface area contributed by atoms with E-state index < -0.39 is 0 Å². The summed E-state index contributed by atoms with van der Waals surface area (Å²) < 4.78 is 5.26. The van der Waals surface area contributed by atoms with E-state index in [4.69, 9.17) is 4.52 Å². The Morgan fingerprint density at radius 2 is 2.00 bits per heavy atom. The molecule has 1 aromatic rings. The average molecular weight is 278 g/mol. The van der Waals surface area contributed by atoms with Gasteiger partial charge < -0.3 is 14.7 Å². The second kappa shape index (κ2) is 5.52. The maximum Gasteiger partial charge on any atom is 0.295 e. The third kappa shape index (κ3) is 2.44. The lowest BCUT2D eigenvalue weighted by Gasteiger charge is -2.38. The summed E-state index contributed by atoms with van der Waals surface area (Å²) in [5.74, 6) is 0.648. The highest BCUT2D eigenvalue weighted by atomic mass is 16.5. The van der Waals surface area contributed by atoms with E-state index in [0.717, 1.165) is 32.2 Å². The topological polar surface area (TPSA) is 71.3 Å². The molecule has 1 unspecified atom stereocenters. The average Bonchev–Trinajstić information content (AvgIpc) is 3.09. The molecule has 0 radical (unpaired) electrons. The van der Waals surface area contributed by atoms with Crippen LogP contribution in [0.25, 0.3) is 0 Å². The molecule has 6 nitrogen and oxygen atoms in total. The second-order valence-electron chi connectivity index (χ2n) is 5.95. The van der Waals surface area contributed by atoms with Crippen LogP contribution < -0.4 is 5.32 Å². The van der Waals surface area contributed by atoms with Gasteiger partial charge in [0, 0.05) is 12.1 Å². The van der Waals surface area contributed by atoms with Gasteiger partial charge >= 0.3 is 0 Å². The summed E-state index contributed by atoms with van der Waals surface area (Å²) in [6, 6.07) is 0.607. The maximum atomic E-state index is 12.6. The van der Waals surface area contributed by atoms with Crippen molar-refractivity contribution in [3.8, 4) is 0 Å². The molecule has 110 valence electrons. The SMILES string of the molecule is C[C@@H]1CCC[C@H](C)N1C(=O)c1noc(C2CCCN2)n1. The maximum absolute atomic E-state index is 12.6. The lowest BCUT2D eigenvalue weighted by molar-refractivity contribution is 0.0495. The zero-order valence-electron chi connectivity index (χ0n) is 12.1. The van der Waals surface area contributed by atoms with E-state index in [2.05, 4.69) is 29.3 Å². The van der Waals surface area contributed by atoms with Gasteiger partial charge in [-0.3, -0.25) is 4.79 Å². The Hall–Kier alpha value is -1.43. The van der Waals surface area contributed by atoms with Crippen LogP contribution in [-0.2, 0) is 0 Å². The van der Waals surface area contributed by atoms with Crippen molar-refractivity contribution in [2.24, 2.45) is 0 Å². The van der Waals surface area contributed by atoms with Gasteiger partial charge in [-0.15, -0.1) is 0 Å². The number of rotatable bonds is 2. The number of carbonyl (C=O) groups is 1. The number of hydrogen-bond acceptors (Lipinski definition) is 5. The predicted molar refractivity (Wildman–Crippen MR) is 73.2 cm³/mol. The van der Waals surface area contributed by atoms with Crippen LogP contribution in [0.5, 0.6) is 0 Å². The number of nitrogens with one attached hydrogen (secondary N) is 1. The Kier molecular flexibility index (Phi) is 3.74. The first-order chi connectivity index (χ1) is 9.66. The van der Waals surface area contributed by atoms with Crippen LogP contribution in [0, 0.1) is 0 Å². The molecule has 0 spiro atoms. The molecule has 2 aliphatic rings. The molecule has 1 N–H and O–H groups in total. The Morgan fingerprint density at radius 1 is 1.25 bits per heavy atom. The quantitative estimate of drug-likeness (QED) is 0.894. The van der Waals surface area contributed by atoms with E-state index in [1.807, 2.05) is 4.90 Å². The van der Waals surface area contributed by atoms with Crippen molar-refractivity contribution in [2.75, 3.05) is 6.54 Å². The summed E-state index contributed by atoms with van der Waals surface area (Å²) in [6.45, 7) is 5.15. The number of piperidine rings is 1. The number of carbonyl (C=O) groups excluding carboxylic acids is 1. The van der Waals surface area contributed by atoms with Crippen molar-refractivity contribution in [3.05, 3.63) is 11.7 Å². The fourth-order valence-corrected chi connectivity index (χ4v) is 3.30. The van der Waals surface area contributed by atoms with Gasteiger partial charge in [0.1, 0.15) is 0 Å². The smallest absolute Gasteiger partial charge is 0.295 e. The number of amides is 1. The number of likely N-dealkylation sites (tertiary alicyclic amines) is 1. The molecular formula is C14H22N4O2. The highest BCUT2D eigenvalue weighted by Crippen LogP contribution is 2.25. The van der Waals surface area contributed by atoms with Gasteiger partial charge in [0.15, 0.2) is 0 Å². The first-order valence-corrected chi connectivity index (χ1v) is 7.56. The summed E-state index contributed by atoms with van der Waals surface area (Å²) >= 11 is 0. The first-order valence-electron chi connectivity index (χ1n) is 7.56. The van der Waals surface area contributed by atoms with Crippen LogP contribution in [0.15, 0.2) is 4.52 Å². The van der Waals surface area contributed by atoms with Crippen molar-refractivity contribution in [2.45, 2.75) is 64.1 Å². The van der Waals surface area contributed by atoms with E-state index in [0.29, 0.717) is 5.89 Å². The van der Waals surface area contributed by atoms with Crippen LogP contribution >= 0.6 is 0 Å². The summed E-state index contributed by atoms with van der Waals surface area (Å²) in [6.07, 6.45) is 5.37. The van der Waals surface area contributed by atoms with Crippen molar-refractivity contribution in [3.63, 3.8) is 0 Å². The Balaban J connectivity index is 1.76. The molecule has 1 amide bonds. The van der Waals surface area contributed by atoms with E-state index >= 15 is 0 Å². The standard InChI is InChI=1S/C14H22N4O2/c1-9-5-3-6-10(2)18(9)14(19)12-16-13(20-17-12)11-7-4-8-15-11/h9-11,15H,3-8H2,1-2H3/t9-,10+,11?. The fraction of sp³-hybridized carbons (Fsp3) is 0.786. The molecular weight excluding hydrogens is 256 g/mol. The molecule has 1 aromatic heterocycles. The number of aromatic nitrogens is 2. The molecule has 0 aliphatic carbocycles. The Labute approximate surface area is 118 Å².